The second-order valence-corrected chi connectivity index (χ2v) is 5.76. The Bertz CT molecular complexity index is 484. The highest BCUT2D eigenvalue weighted by molar-refractivity contribution is 7.87. The van der Waals surface area contributed by atoms with Gasteiger partial charge in [0, 0.05) is 19.1 Å². The topological polar surface area (TPSA) is 49.4 Å². The van der Waals surface area contributed by atoms with Crippen LogP contribution in [0.25, 0.3) is 0 Å². The fourth-order valence-electron chi connectivity index (χ4n) is 2.02. The average molecular weight is 252 g/mol. The van der Waals surface area contributed by atoms with Crippen LogP contribution in [0.5, 0.6) is 0 Å². The predicted molar refractivity (Wildman–Crippen MR) is 67.8 cm³/mol. The summed E-state index contributed by atoms with van der Waals surface area (Å²) in [4.78, 5) is 0. The Morgan fingerprint density at radius 1 is 1.41 bits per heavy atom. The van der Waals surface area contributed by atoms with E-state index in [0.717, 1.165) is 12.0 Å². The molecule has 1 N–H and O–H groups in total. The summed E-state index contributed by atoms with van der Waals surface area (Å²) in [5.74, 6) is 0. The van der Waals surface area contributed by atoms with Gasteiger partial charge in [-0.3, -0.25) is 0 Å². The molecule has 1 unspecified atom stereocenters. The van der Waals surface area contributed by atoms with Gasteiger partial charge in [0.25, 0.3) is 10.2 Å². The number of benzene rings is 1. The molecule has 5 heteroatoms. The van der Waals surface area contributed by atoms with Crippen molar-refractivity contribution in [3.63, 3.8) is 0 Å². The largest absolute Gasteiger partial charge is 0.280 e. The smallest absolute Gasteiger partial charge is 0.200 e. The van der Waals surface area contributed by atoms with Crippen LogP contribution in [-0.2, 0) is 16.6 Å². The minimum absolute atomic E-state index is 0.0274. The number of nitrogens with one attached hydrogen (secondary N) is 1. The average Bonchev–Trinajstić information content (AvgIpc) is 2.58. The van der Waals surface area contributed by atoms with E-state index in [4.69, 9.17) is 0 Å². The molecular formula is C12H16N2O2S. The molecule has 1 aromatic rings. The molecule has 1 aliphatic heterocycles. The van der Waals surface area contributed by atoms with Crippen LogP contribution in [0.3, 0.4) is 0 Å². The first kappa shape index (κ1) is 12.3. The summed E-state index contributed by atoms with van der Waals surface area (Å²) in [6.07, 6.45) is 2.34. The van der Waals surface area contributed by atoms with Gasteiger partial charge in [-0.05, 0) is 12.0 Å². The Morgan fingerprint density at radius 2 is 2.12 bits per heavy atom. The summed E-state index contributed by atoms with van der Waals surface area (Å²) >= 11 is 0. The van der Waals surface area contributed by atoms with Crippen molar-refractivity contribution in [3.8, 4) is 0 Å². The van der Waals surface area contributed by atoms with Crippen LogP contribution in [0.15, 0.2) is 43.0 Å². The van der Waals surface area contributed by atoms with E-state index in [1.807, 2.05) is 30.3 Å². The molecule has 4 nitrogen and oxygen atoms in total. The predicted octanol–water partition coefficient (Wildman–Crippen LogP) is 0.934. The first-order chi connectivity index (χ1) is 8.13. The van der Waals surface area contributed by atoms with E-state index >= 15 is 0 Å². The highest BCUT2D eigenvalue weighted by Crippen LogP contribution is 2.17. The van der Waals surface area contributed by atoms with E-state index in [9.17, 15) is 8.42 Å². The summed E-state index contributed by atoms with van der Waals surface area (Å²) in [6.45, 7) is 4.41. The van der Waals surface area contributed by atoms with E-state index in [1.165, 1.54) is 4.31 Å². The fraction of sp³-hybridized carbons (Fsp3) is 0.333. The molecule has 1 atom stereocenters. The van der Waals surface area contributed by atoms with Gasteiger partial charge in [0.2, 0.25) is 0 Å². The van der Waals surface area contributed by atoms with Gasteiger partial charge in [0.15, 0.2) is 0 Å². The molecule has 0 saturated carbocycles. The minimum Gasteiger partial charge on any atom is -0.200 e. The Kier molecular flexibility index (Phi) is 3.61. The van der Waals surface area contributed by atoms with Gasteiger partial charge < -0.3 is 0 Å². The highest BCUT2D eigenvalue weighted by Gasteiger charge is 2.35. The Morgan fingerprint density at radius 3 is 2.76 bits per heavy atom. The van der Waals surface area contributed by atoms with Crippen molar-refractivity contribution in [1.82, 2.24) is 9.03 Å². The summed E-state index contributed by atoms with van der Waals surface area (Å²) in [7, 11) is -3.31. The molecule has 1 aromatic carbocycles. The number of nitrogens with zero attached hydrogens (tertiary/aromatic N) is 1. The molecule has 0 spiro atoms. The second-order valence-electron chi connectivity index (χ2n) is 4.06. The van der Waals surface area contributed by atoms with Gasteiger partial charge in [-0.1, -0.05) is 36.4 Å². The third-order valence-corrected chi connectivity index (χ3v) is 4.44. The van der Waals surface area contributed by atoms with Gasteiger partial charge >= 0.3 is 0 Å². The lowest BCUT2D eigenvalue weighted by Gasteiger charge is -2.19. The van der Waals surface area contributed by atoms with Gasteiger partial charge in [-0.15, -0.1) is 6.58 Å². The standard InChI is InChI=1S/C12H16N2O2S/c1-2-8-14-12(10-13-17(14,15)16)9-11-6-4-3-5-7-11/h2-7,12-13H,1,8-10H2. The molecule has 1 saturated heterocycles. The molecule has 0 aromatic heterocycles. The number of hydrogen-bond donors (Lipinski definition) is 1. The van der Waals surface area contributed by atoms with Crippen molar-refractivity contribution >= 4 is 10.2 Å². The second kappa shape index (κ2) is 5.00. The Balaban J connectivity index is 2.14. The number of hydrogen-bond acceptors (Lipinski definition) is 2. The van der Waals surface area contributed by atoms with Crippen LogP contribution in [0.1, 0.15) is 5.56 Å². The molecular weight excluding hydrogens is 236 g/mol. The monoisotopic (exact) mass is 252 g/mol. The lowest BCUT2D eigenvalue weighted by Crippen LogP contribution is -2.36. The zero-order chi connectivity index (χ0) is 12.3. The molecule has 0 aliphatic carbocycles. The Hall–Kier alpha value is -1.17. The van der Waals surface area contributed by atoms with Crippen molar-refractivity contribution in [2.45, 2.75) is 12.5 Å². The molecule has 0 bridgehead atoms. The SMILES string of the molecule is C=CCN1C(Cc2ccccc2)CNS1(=O)=O. The van der Waals surface area contributed by atoms with Crippen molar-refractivity contribution in [2.24, 2.45) is 0 Å². The maximum atomic E-state index is 11.7. The third-order valence-electron chi connectivity index (χ3n) is 2.84. The molecule has 0 amide bonds. The lowest BCUT2D eigenvalue weighted by atomic mass is 10.1. The molecule has 1 fully saturated rings. The summed E-state index contributed by atoms with van der Waals surface area (Å²) in [6, 6.07) is 9.87. The van der Waals surface area contributed by atoms with E-state index in [2.05, 4.69) is 11.3 Å². The third kappa shape index (κ3) is 2.74. The number of rotatable bonds is 4. The van der Waals surface area contributed by atoms with Crippen molar-refractivity contribution in [3.05, 3.63) is 48.6 Å². The van der Waals surface area contributed by atoms with E-state index in [1.54, 1.807) is 6.08 Å². The van der Waals surface area contributed by atoms with Crippen LogP contribution < -0.4 is 4.72 Å². The first-order valence-electron chi connectivity index (χ1n) is 5.55. The summed E-state index contributed by atoms with van der Waals surface area (Å²) in [5.41, 5.74) is 1.14. The lowest BCUT2D eigenvalue weighted by molar-refractivity contribution is 0.380. The van der Waals surface area contributed by atoms with Crippen molar-refractivity contribution < 1.29 is 8.42 Å². The van der Waals surface area contributed by atoms with Crippen LogP contribution in [0.4, 0.5) is 0 Å². The van der Waals surface area contributed by atoms with Gasteiger partial charge in [0.05, 0.1) is 0 Å². The quantitative estimate of drug-likeness (QED) is 0.811. The van der Waals surface area contributed by atoms with Gasteiger partial charge in [0.1, 0.15) is 0 Å². The molecule has 1 aliphatic rings. The molecule has 1 heterocycles. The zero-order valence-electron chi connectivity index (χ0n) is 9.54. The summed E-state index contributed by atoms with van der Waals surface area (Å²) in [5, 5.41) is 0. The van der Waals surface area contributed by atoms with Crippen LogP contribution >= 0.6 is 0 Å². The Labute approximate surface area is 102 Å². The minimum atomic E-state index is -3.31. The fourth-order valence-corrected chi connectivity index (χ4v) is 3.43. The zero-order valence-corrected chi connectivity index (χ0v) is 10.4. The van der Waals surface area contributed by atoms with Gasteiger partial charge in [-0.25, -0.2) is 4.72 Å². The van der Waals surface area contributed by atoms with Gasteiger partial charge in [-0.2, -0.15) is 12.7 Å². The van der Waals surface area contributed by atoms with E-state index in [-0.39, 0.29) is 6.04 Å². The first-order valence-corrected chi connectivity index (χ1v) is 6.99. The molecule has 2 rings (SSSR count). The maximum Gasteiger partial charge on any atom is 0.280 e. The molecule has 17 heavy (non-hydrogen) atoms. The maximum absolute atomic E-state index is 11.7. The van der Waals surface area contributed by atoms with Crippen molar-refractivity contribution in [2.75, 3.05) is 13.1 Å². The normalized spacial score (nSPS) is 23.6. The van der Waals surface area contributed by atoms with Crippen LogP contribution in [-0.4, -0.2) is 31.9 Å². The van der Waals surface area contributed by atoms with Crippen LogP contribution in [0.2, 0.25) is 0 Å². The molecule has 92 valence electrons. The summed E-state index contributed by atoms with van der Waals surface area (Å²) < 4.78 is 27.5. The molecule has 0 radical (unpaired) electrons. The highest BCUT2D eigenvalue weighted by atomic mass is 32.2. The van der Waals surface area contributed by atoms with E-state index < -0.39 is 10.2 Å². The van der Waals surface area contributed by atoms with Crippen LogP contribution in [0, 0.1) is 0 Å². The van der Waals surface area contributed by atoms with Crippen molar-refractivity contribution in [1.29, 1.82) is 0 Å². The van der Waals surface area contributed by atoms with E-state index in [0.29, 0.717) is 13.1 Å².